The number of anilines is 1. The number of hydrogen-bond donors (Lipinski definition) is 1. The summed E-state index contributed by atoms with van der Waals surface area (Å²) in [4.78, 5) is 13.7. The van der Waals surface area contributed by atoms with Gasteiger partial charge in [0.15, 0.2) is 11.5 Å². The van der Waals surface area contributed by atoms with E-state index >= 15 is 0 Å². The molecule has 0 bridgehead atoms. The molecule has 3 aromatic rings. The van der Waals surface area contributed by atoms with E-state index in [-0.39, 0.29) is 11.8 Å². The first-order valence-corrected chi connectivity index (χ1v) is 10.4. The van der Waals surface area contributed by atoms with E-state index in [1.54, 1.807) is 18.4 Å². The van der Waals surface area contributed by atoms with Crippen LogP contribution in [0.5, 0.6) is 11.5 Å². The Morgan fingerprint density at radius 3 is 2.71 bits per heavy atom. The van der Waals surface area contributed by atoms with Gasteiger partial charge in [0.2, 0.25) is 5.91 Å². The summed E-state index contributed by atoms with van der Waals surface area (Å²) in [5.41, 5.74) is 4.19. The molecule has 1 atom stereocenters. The van der Waals surface area contributed by atoms with Crippen LogP contribution in [0.2, 0.25) is 0 Å². The Balaban J connectivity index is 1.73. The number of amides is 1. The van der Waals surface area contributed by atoms with Gasteiger partial charge >= 0.3 is 0 Å². The van der Waals surface area contributed by atoms with Gasteiger partial charge in [0.1, 0.15) is 0 Å². The minimum absolute atomic E-state index is 0.0142. The lowest BCUT2D eigenvalue weighted by Crippen LogP contribution is -2.22. The van der Waals surface area contributed by atoms with Crippen molar-refractivity contribution < 1.29 is 14.3 Å². The third kappa shape index (κ3) is 3.50. The number of methoxy groups -OCH3 is 1. The molecule has 1 amide bonds. The van der Waals surface area contributed by atoms with Crippen molar-refractivity contribution in [2.24, 2.45) is 0 Å². The molecule has 4 nitrogen and oxygen atoms in total. The predicted molar refractivity (Wildman–Crippen MR) is 114 cm³/mol. The van der Waals surface area contributed by atoms with Gasteiger partial charge < -0.3 is 14.8 Å². The Morgan fingerprint density at radius 2 is 1.96 bits per heavy atom. The van der Waals surface area contributed by atoms with E-state index in [2.05, 4.69) is 29.8 Å². The number of rotatable bonds is 6. The Labute approximate surface area is 169 Å². The second kappa shape index (κ2) is 8.07. The highest BCUT2D eigenvalue weighted by atomic mass is 32.1. The van der Waals surface area contributed by atoms with Crippen molar-refractivity contribution in [3.05, 3.63) is 64.4 Å². The number of ether oxygens (including phenoxy) is 2. The van der Waals surface area contributed by atoms with Gasteiger partial charge in [0, 0.05) is 28.2 Å². The van der Waals surface area contributed by atoms with Crippen LogP contribution < -0.4 is 14.8 Å². The average molecular weight is 394 g/mol. The Hall–Kier alpha value is -2.79. The maximum atomic E-state index is 12.5. The van der Waals surface area contributed by atoms with Gasteiger partial charge in [0.05, 0.1) is 19.4 Å². The topological polar surface area (TPSA) is 47.6 Å². The van der Waals surface area contributed by atoms with E-state index in [4.69, 9.17) is 9.47 Å². The maximum absolute atomic E-state index is 12.5. The van der Waals surface area contributed by atoms with Gasteiger partial charge in [-0.3, -0.25) is 4.79 Å². The maximum Gasteiger partial charge on any atom is 0.225 e. The van der Waals surface area contributed by atoms with Crippen LogP contribution in [0.25, 0.3) is 11.1 Å². The van der Waals surface area contributed by atoms with Crippen LogP contribution in [0.1, 0.15) is 36.1 Å². The van der Waals surface area contributed by atoms with Gasteiger partial charge in [-0.05, 0) is 29.7 Å². The third-order valence-corrected chi connectivity index (χ3v) is 6.02. The fourth-order valence-corrected chi connectivity index (χ4v) is 4.72. The first kappa shape index (κ1) is 18.6. The van der Waals surface area contributed by atoms with E-state index < -0.39 is 0 Å². The molecule has 0 radical (unpaired) electrons. The van der Waals surface area contributed by atoms with Crippen LogP contribution >= 0.6 is 11.3 Å². The van der Waals surface area contributed by atoms with Gasteiger partial charge in [-0.1, -0.05) is 43.3 Å². The molecule has 1 aromatic heterocycles. The molecule has 28 heavy (non-hydrogen) atoms. The Kier molecular flexibility index (Phi) is 5.35. The molecule has 0 saturated heterocycles. The number of nitrogens with one attached hydrogen (secondary N) is 1. The highest BCUT2D eigenvalue weighted by molar-refractivity contribution is 7.11. The minimum atomic E-state index is 0.0142. The summed E-state index contributed by atoms with van der Waals surface area (Å²) >= 11 is 1.70. The molecular weight excluding hydrogens is 370 g/mol. The summed E-state index contributed by atoms with van der Waals surface area (Å²) < 4.78 is 11.3. The number of hydrogen-bond acceptors (Lipinski definition) is 4. The lowest BCUT2D eigenvalue weighted by Gasteiger charge is -2.24. The van der Waals surface area contributed by atoms with Crippen molar-refractivity contribution in [2.75, 3.05) is 19.0 Å². The van der Waals surface area contributed by atoms with Crippen molar-refractivity contribution in [1.29, 1.82) is 0 Å². The molecule has 1 aliphatic heterocycles. The van der Waals surface area contributed by atoms with Crippen LogP contribution in [0.15, 0.2) is 53.9 Å². The third-order valence-electron chi connectivity index (χ3n) is 4.93. The molecule has 2 heterocycles. The van der Waals surface area contributed by atoms with Gasteiger partial charge in [0.25, 0.3) is 0 Å². The van der Waals surface area contributed by atoms with E-state index in [1.165, 1.54) is 4.88 Å². The smallest absolute Gasteiger partial charge is 0.225 e. The summed E-state index contributed by atoms with van der Waals surface area (Å²) in [7, 11) is 1.65. The summed E-state index contributed by atoms with van der Waals surface area (Å²) in [5.74, 6) is 1.50. The van der Waals surface area contributed by atoms with Crippen molar-refractivity contribution in [3.63, 3.8) is 0 Å². The minimum Gasteiger partial charge on any atom is -0.493 e. The molecule has 4 rings (SSSR count). The standard InChI is InChI=1S/C23H23NO3S/c1-3-11-27-19-10-9-16(12-20(19)26-2)17-13-21(25)24-22-18(14-28-23(17)22)15-7-5-4-6-8-15/h4-10,12,14,17H,3,11,13H2,1-2H3,(H,24,25)/t17-/m0/s1. The first-order chi connectivity index (χ1) is 13.7. The fraction of sp³-hybridized carbons (Fsp3) is 0.261. The molecule has 1 N–H and O–H groups in total. The van der Waals surface area contributed by atoms with Crippen LogP contribution in [0.3, 0.4) is 0 Å². The highest BCUT2D eigenvalue weighted by Crippen LogP contribution is 2.47. The molecule has 0 fully saturated rings. The van der Waals surface area contributed by atoms with E-state index in [0.29, 0.717) is 18.8 Å². The lowest BCUT2D eigenvalue weighted by atomic mass is 9.89. The molecule has 2 aromatic carbocycles. The van der Waals surface area contributed by atoms with Gasteiger partial charge in [-0.2, -0.15) is 0 Å². The first-order valence-electron chi connectivity index (χ1n) is 9.48. The van der Waals surface area contributed by atoms with E-state index in [1.807, 2.05) is 36.4 Å². The monoisotopic (exact) mass is 393 g/mol. The highest BCUT2D eigenvalue weighted by Gasteiger charge is 2.31. The van der Waals surface area contributed by atoms with Crippen molar-refractivity contribution in [1.82, 2.24) is 0 Å². The molecule has 5 heteroatoms. The molecule has 0 spiro atoms. The predicted octanol–water partition coefficient (Wildman–Crippen LogP) is 5.69. The second-order valence-corrected chi connectivity index (χ2v) is 7.73. The molecule has 1 aliphatic rings. The Bertz CT molecular complexity index is 981. The number of carbonyl (C=O) groups excluding carboxylic acids is 1. The zero-order chi connectivity index (χ0) is 19.5. The van der Waals surface area contributed by atoms with Crippen LogP contribution in [0, 0.1) is 0 Å². The summed E-state index contributed by atoms with van der Waals surface area (Å²) in [6.45, 7) is 2.72. The summed E-state index contributed by atoms with van der Waals surface area (Å²) in [6, 6.07) is 16.2. The summed E-state index contributed by atoms with van der Waals surface area (Å²) in [5, 5.41) is 5.22. The van der Waals surface area contributed by atoms with Crippen molar-refractivity contribution in [2.45, 2.75) is 25.7 Å². The molecule has 0 saturated carbocycles. The quantitative estimate of drug-likeness (QED) is 0.585. The molecule has 0 unspecified atom stereocenters. The molecular formula is C23H23NO3S. The largest absolute Gasteiger partial charge is 0.493 e. The number of fused-ring (bicyclic) bond motifs is 1. The van der Waals surface area contributed by atoms with Crippen LogP contribution in [-0.2, 0) is 4.79 Å². The summed E-state index contributed by atoms with van der Waals surface area (Å²) in [6.07, 6.45) is 1.37. The van der Waals surface area contributed by atoms with E-state index in [9.17, 15) is 4.79 Å². The lowest BCUT2D eigenvalue weighted by molar-refractivity contribution is -0.116. The van der Waals surface area contributed by atoms with Gasteiger partial charge in [-0.15, -0.1) is 11.3 Å². The molecule has 0 aliphatic carbocycles. The average Bonchev–Trinajstić information content (AvgIpc) is 3.16. The number of thiophene rings is 1. The fourth-order valence-electron chi connectivity index (χ4n) is 3.56. The van der Waals surface area contributed by atoms with Crippen molar-refractivity contribution in [3.8, 4) is 22.6 Å². The van der Waals surface area contributed by atoms with E-state index in [0.717, 1.165) is 34.5 Å². The second-order valence-electron chi connectivity index (χ2n) is 6.82. The Morgan fingerprint density at radius 1 is 1.14 bits per heavy atom. The molecule has 144 valence electrons. The zero-order valence-corrected chi connectivity index (χ0v) is 16.8. The number of benzene rings is 2. The zero-order valence-electron chi connectivity index (χ0n) is 16.0. The number of carbonyl (C=O) groups is 1. The normalized spacial score (nSPS) is 15.6. The van der Waals surface area contributed by atoms with Crippen LogP contribution in [0.4, 0.5) is 5.69 Å². The van der Waals surface area contributed by atoms with Gasteiger partial charge in [-0.25, -0.2) is 0 Å². The van der Waals surface area contributed by atoms with Crippen molar-refractivity contribution >= 4 is 22.9 Å². The van der Waals surface area contributed by atoms with Crippen LogP contribution in [-0.4, -0.2) is 19.6 Å². The SMILES string of the molecule is CCCOc1ccc([C@@H]2CC(=O)Nc3c(-c4ccccc4)csc32)cc1OC.